The van der Waals surface area contributed by atoms with Crippen LogP contribution in [0.5, 0.6) is 0 Å². The van der Waals surface area contributed by atoms with Crippen molar-refractivity contribution >= 4 is 23.2 Å². The van der Waals surface area contributed by atoms with Gasteiger partial charge in [0.2, 0.25) is 11.6 Å². The molecule has 0 bridgehead atoms. The Morgan fingerprint density at radius 2 is 1.83 bits per heavy atom. The Balaban J connectivity index is 1.26. The number of hydrogen-bond acceptors (Lipinski definition) is 4. The minimum atomic E-state index is -4.86. The van der Waals surface area contributed by atoms with Gasteiger partial charge in [-0.15, -0.1) is 0 Å². The number of amides is 2. The second-order valence-electron chi connectivity index (χ2n) is 10.1. The number of hydrogen-bond donors (Lipinski definition) is 0. The highest BCUT2D eigenvalue weighted by molar-refractivity contribution is 6.05. The van der Waals surface area contributed by atoms with Gasteiger partial charge >= 0.3 is 6.18 Å². The summed E-state index contributed by atoms with van der Waals surface area (Å²) in [7, 11) is 0. The zero-order chi connectivity index (χ0) is 29.6. The van der Waals surface area contributed by atoms with Crippen molar-refractivity contribution in [1.29, 1.82) is 0 Å². The lowest BCUT2D eigenvalue weighted by Crippen LogP contribution is -2.48. The number of likely N-dealkylation sites (tertiary alicyclic amines) is 1. The molecule has 42 heavy (non-hydrogen) atoms. The van der Waals surface area contributed by atoms with Gasteiger partial charge in [-0.3, -0.25) is 14.6 Å². The standard InChI is InChI=1S/C30H22F4N6O2/c1-35-24-6-2-4-18-14-27(41)39(28(18)24)20-9-12-38(13-10-20)29(42)25-16-26(19-5-3-11-36-17-19)40(37-25)21-7-8-22(23(31)15-21)30(32,33)34/h2-8,11,15-17,20H,9-10,12-14H2. The Hall–Kier alpha value is -5.05. The van der Waals surface area contributed by atoms with Crippen molar-refractivity contribution in [2.75, 3.05) is 18.0 Å². The molecule has 0 saturated carbocycles. The van der Waals surface area contributed by atoms with E-state index in [-0.39, 0.29) is 29.8 Å². The monoisotopic (exact) mass is 574 g/mol. The summed E-state index contributed by atoms with van der Waals surface area (Å²) in [6.07, 6.45) is -0.589. The van der Waals surface area contributed by atoms with Crippen LogP contribution in [-0.2, 0) is 17.4 Å². The number of halogens is 4. The van der Waals surface area contributed by atoms with E-state index in [0.717, 1.165) is 17.7 Å². The van der Waals surface area contributed by atoms with Gasteiger partial charge in [-0.2, -0.15) is 18.3 Å². The minimum Gasteiger partial charge on any atom is -0.337 e. The first kappa shape index (κ1) is 27.1. The highest BCUT2D eigenvalue weighted by Crippen LogP contribution is 2.41. The molecular formula is C30H22F4N6O2. The first-order valence-corrected chi connectivity index (χ1v) is 13.1. The van der Waals surface area contributed by atoms with Gasteiger partial charge in [0.05, 0.1) is 35.6 Å². The van der Waals surface area contributed by atoms with Crippen LogP contribution in [-0.4, -0.2) is 50.6 Å². The molecule has 0 N–H and O–H groups in total. The first-order chi connectivity index (χ1) is 20.2. The molecular weight excluding hydrogens is 552 g/mol. The topological polar surface area (TPSA) is 75.7 Å². The molecule has 4 heterocycles. The maximum atomic E-state index is 14.5. The second-order valence-corrected chi connectivity index (χ2v) is 10.1. The van der Waals surface area contributed by atoms with Crippen LogP contribution < -0.4 is 4.90 Å². The van der Waals surface area contributed by atoms with Gasteiger partial charge in [0.1, 0.15) is 5.82 Å². The normalized spacial score (nSPS) is 15.5. The molecule has 12 heteroatoms. The fraction of sp³-hybridized carbons (Fsp3) is 0.233. The van der Waals surface area contributed by atoms with E-state index in [1.807, 2.05) is 6.07 Å². The van der Waals surface area contributed by atoms with Crippen molar-refractivity contribution in [3.63, 3.8) is 0 Å². The first-order valence-electron chi connectivity index (χ1n) is 13.1. The molecule has 2 aliphatic rings. The lowest BCUT2D eigenvalue weighted by Gasteiger charge is -2.37. The lowest BCUT2D eigenvalue weighted by molar-refractivity contribution is -0.140. The molecule has 4 aromatic rings. The molecule has 2 aliphatic heterocycles. The van der Waals surface area contributed by atoms with Crippen LogP contribution in [0, 0.1) is 12.4 Å². The molecule has 0 spiro atoms. The van der Waals surface area contributed by atoms with Crippen LogP contribution in [0.15, 0.2) is 67.0 Å². The molecule has 6 rings (SSSR count). The summed E-state index contributed by atoms with van der Waals surface area (Å²) >= 11 is 0. The largest absolute Gasteiger partial charge is 0.419 e. The number of carbonyl (C=O) groups excluding carboxylic acids is 2. The number of carbonyl (C=O) groups is 2. The highest BCUT2D eigenvalue weighted by atomic mass is 19.4. The summed E-state index contributed by atoms with van der Waals surface area (Å²) in [6, 6.07) is 12.5. The molecule has 2 amide bonds. The average Bonchev–Trinajstić information content (AvgIpc) is 3.58. The third kappa shape index (κ3) is 4.76. The van der Waals surface area contributed by atoms with Gasteiger partial charge in [-0.1, -0.05) is 18.2 Å². The van der Waals surface area contributed by atoms with Crippen molar-refractivity contribution in [2.24, 2.45) is 0 Å². The fourth-order valence-electron chi connectivity index (χ4n) is 5.60. The summed E-state index contributed by atoms with van der Waals surface area (Å²) in [4.78, 5) is 37.4. The molecule has 2 aromatic heterocycles. The Bertz CT molecular complexity index is 1740. The van der Waals surface area contributed by atoms with E-state index in [1.54, 1.807) is 40.3 Å². The number of benzene rings is 2. The minimum absolute atomic E-state index is 0.0129. The van der Waals surface area contributed by atoms with Gasteiger partial charge in [-0.25, -0.2) is 13.9 Å². The van der Waals surface area contributed by atoms with E-state index in [4.69, 9.17) is 6.57 Å². The predicted octanol–water partition coefficient (Wildman–Crippen LogP) is 5.84. The van der Waals surface area contributed by atoms with E-state index in [9.17, 15) is 27.2 Å². The zero-order valence-electron chi connectivity index (χ0n) is 22.0. The Morgan fingerprint density at radius 1 is 1.05 bits per heavy atom. The van der Waals surface area contributed by atoms with Crippen molar-refractivity contribution in [3.8, 4) is 16.9 Å². The third-order valence-electron chi connectivity index (χ3n) is 7.58. The number of alkyl halides is 3. The summed E-state index contributed by atoms with van der Waals surface area (Å²) in [5.74, 6) is -1.93. The van der Waals surface area contributed by atoms with Crippen molar-refractivity contribution in [2.45, 2.75) is 31.5 Å². The predicted molar refractivity (Wildman–Crippen MR) is 145 cm³/mol. The van der Waals surface area contributed by atoms with Crippen LogP contribution in [0.2, 0.25) is 0 Å². The molecule has 212 valence electrons. The maximum Gasteiger partial charge on any atom is 0.419 e. The quantitative estimate of drug-likeness (QED) is 0.227. The number of rotatable bonds is 4. The van der Waals surface area contributed by atoms with Crippen LogP contribution in [0.4, 0.5) is 28.9 Å². The number of pyridine rings is 1. The van der Waals surface area contributed by atoms with Crippen LogP contribution in [0.3, 0.4) is 0 Å². The summed E-state index contributed by atoms with van der Waals surface area (Å²) in [6.45, 7) is 8.16. The van der Waals surface area contributed by atoms with Gasteiger partial charge < -0.3 is 9.80 Å². The molecule has 0 radical (unpaired) electrons. The van der Waals surface area contributed by atoms with Crippen LogP contribution in [0.25, 0.3) is 21.8 Å². The van der Waals surface area contributed by atoms with Gasteiger partial charge in [-0.05, 0) is 48.7 Å². The molecule has 2 aromatic carbocycles. The van der Waals surface area contributed by atoms with Crippen molar-refractivity contribution in [3.05, 3.63) is 101 Å². The molecule has 0 unspecified atom stereocenters. The Kier molecular flexibility index (Phi) is 6.73. The van der Waals surface area contributed by atoms with E-state index in [2.05, 4.69) is 14.9 Å². The zero-order valence-corrected chi connectivity index (χ0v) is 22.0. The summed E-state index contributed by atoms with van der Waals surface area (Å²) in [5.41, 5.74) is 1.42. The second kappa shape index (κ2) is 10.4. The van der Waals surface area contributed by atoms with E-state index >= 15 is 0 Å². The summed E-state index contributed by atoms with van der Waals surface area (Å²) in [5, 5.41) is 4.38. The van der Waals surface area contributed by atoms with Crippen molar-refractivity contribution < 1.29 is 27.2 Å². The Labute approximate surface area is 237 Å². The summed E-state index contributed by atoms with van der Waals surface area (Å²) < 4.78 is 55.1. The average molecular weight is 575 g/mol. The third-order valence-corrected chi connectivity index (χ3v) is 7.58. The maximum absolute atomic E-state index is 14.5. The van der Waals surface area contributed by atoms with E-state index in [0.29, 0.717) is 54.6 Å². The van der Waals surface area contributed by atoms with Gasteiger partial charge in [0.15, 0.2) is 5.69 Å². The van der Waals surface area contributed by atoms with Crippen LogP contribution >= 0.6 is 0 Å². The Morgan fingerprint density at radius 3 is 2.50 bits per heavy atom. The van der Waals surface area contributed by atoms with Crippen molar-refractivity contribution in [1.82, 2.24) is 19.7 Å². The van der Waals surface area contributed by atoms with E-state index < -0.39 is 23.5 Å². The number of anilines is 1. The van der Waals surface area contributed by atoms with Crippen LogP contribution in [0.1, 0.15) is 34.5 Å². The molecule has 1 saturated heterocycles. The molecule has 1 fully saturated rings. The number of aromatic nitrogens is 3. The fourth-order valence-corrected chi connectivity index (χ4v) is 5.60. The molecule has 0 aliphatic carbocycles. The van der Waals surface area contributed by atoms with Gasteiger partial charge in [0, 0.05) is 43.2 Å². The number of piperidine rings is 1. The smallest absolute Gasteiger partial charge is 0.337 e. The van der Waals surface area contributed by atoms with Gasteiger partial charge in [0.25, 0.3) is 5.91 Å². The lowest BCUT2D eigenvalue weighted by atomic mass is 10.0. The highest BCUT2D eigenvalue weighted by Gasteiger charge is 2.38. The SMILES string of the molecule is [C-]#[N+]c1cccc2c1N(C1CCN(C(=O)c3cc(-c4cccnc4)n(-c4ccc(C(F)(F)F)c(F)c4)n3)CC1)C(=O)C2. The number of nitrogens with zero attached hydrogens (tertiary/aromatic N) is 6. The molecule has 0 atom stereocenters. The number of fused-ring (bicyclic) bond motifs is 1. The molecule has 8 nitrogen and oxygen atoms in total. The van der Waals surface area contributed by atoms with E-state index in [1.165, 1.54) is 16.9 Å². The number of para-hydroxylation sites is 1.